The molecule has 1 aliphatic rings. The summed E-state index contributed by atoms with van der Waals surface area (Å²) in [5.74, 6) is 6.23. The Labute approximate surface area is 281 Å². The van der Waals surface area contributed by atoms with Crippen molar-refractivity contribution in [3.8, 4) is 11.8 Å². The summed E-state index contributed by atoms with van der Waals surface area (Å²) < 4.78 is 21.8. The number of aliphatic imine (C=N–C) groups is 1. The van der Waals surface area contributed by atoms with E-state index in [1.165, 1.54) is 0 Å². The quantitative estimate of drug-likeness (QED) is 0.125. The predicted octanol–water partition coefficient (Wildman–Crippen LogP) is 5.75. The van der Waals surface area contributed by atoms with Crippen LogP contribution in [0.25, 0.3) is 0 Å². The van der Waals surface area contributed by atoms with Gasteiger partial charge in [0.05, 0.1) is 51.7 Å². The molecule has 2 amide bonds. The lowest BCUT2D eigenvalue weighted by atomic mass is 10.1. The number of fused-ring (bicyclic) bond motifs is 1. The van der Waals surface area contributed by atoms with Gasteiger partial charge in [-0.1, -0.05) is 42.8 Å². The maximum atomic E-state index is 12.3. The lowest BCUT2D eigenvalue weighted by Gasteiger charge is -2.09. The third kappa shape index (κ3) is 12.3. The second-order valence-electron chi connectivity index (χ2n) is 10.6. The normalized spacial score (nSPS) is 11.7. The topological polar surface area (TPSA) is 107 Å². The lowest BCUT2D eigenvalue weighted by Crippen LogP contribution is -2.18. The van der Waals surface area contributed by atoms with Gasteiger partial charge in [0.15, 0.2) is 0 Å². The molecule has 0 atom stereocenters. The highest BCUT2D eigenvalue weighted by molar-refractivity contribution is 7.99. The molecule has 1 aliphatic heterocycles. The fourth-order valence-corrected chi connectivity index (χ4v) is 5.60. The smallest absolute Gasteiger partial charge is 0.252 e. The van der Waals surface area contributed by atoms with Crippen molar-refractivity contribution < 1.29 is 28.5 Å². The highest BCUT2D eigenvalue weighted by Crippen LogP contribution is 2.33. The summed E-state index contributed by atoms with van der Waals surface area (Å²) in [5, 5.41) is 5.62. The van der Waals surface area contributed by atoms with Crippen LogP contribution in [0.15, 0.2) is 81.5 Å². The van der Waals surface area contributed by atoms with E-state index < -0.39 is 0 Å². The Morgan fingerprint density at radius 2 is 1.51 bits per heavy atom. The van der Waals surface area contributed by atoms with Crippen LogP contribution in [0.3, 0.4) is 0 Å². The summed E-state index contributed by atoms with van der Waals surface area (Å²) in [5.41, 5.74) is 5.10. The van der Waals surface area contributed by atoms with Crippen LogP contribution in [0.1, 0.15) is 53.2 Å². The first-order valence-electron chi connectivity index (χ1n) is 16.0. The molecule has 0 aliphatic carbocycles. The standard InChI is InChI=1S/C37H43N3O6S/c1-3-18-43-20-22-45-24-25-46-23-21-44-19-6-9-36(41)40-30-13-10-28(11-14-30)12-17-34-32-16-15-31(26-29(32)27-39-34)47-35-8-5-4-7-33(35)37(42)38-2/h4-5,7-8,10-11,13-16,26H,3,6,9,18-25,27H2,1-2H3,(H,38,42)(H,40,41). The molecule has 0 radical (unpaired) electrons. The molecule has 10 heteroatoms. The van der Waals surface area contributed by atoms with Crippen molar-refractivity contribution in [3.05, 3.63) is 89.0 Å². The predicted molar refractivity (Wildman–Crippen MR) is 185 cm³/mol. The van der Waals surface area contributed by atoms with Crippen LogP contribution in [-0.4, -0.2) is 77.4 Å². The van der Waals surface area contributed by atoms with Crippen molar-refractivity contribution in [2.24, 2.45) is 4.99 Å². The summed E-state index contributed by atoms with van der Waals surface area (Å²) in [4.78, 5) is 31.2. The van der Waals surface area contributed by atoms with Gasteiger partial charge in [-0.05, 0) is 72.9 Å². The molecule has 0 aromatic heterocycles. The van der Waals surface area contributed by atoms with E-state index in [-0.39, 0.29) is 11.8 Å². The van der Waals surface area contributed by atoms with Crippen LogP contribution in [0, 0.1) is 11.8 Å². The number of ether oxygens (including phenoxy) is 4. The molecule has 9 nitrogen and oxygen atoms in total. The number of benzene rings is 3. The molecule has 0 spiro atoms. The van der Waals surface area contributed by atoms with Crippen LogP contribution in [-0.2, 0) is 30.3 Å². The Morgan fingerprint density at radius 1 is 0.830 bits per heavy atom. The fraction of sp³-hybridized carbons (Fsp3) is 0.378. The molecule has 0 fully saturated rings. The Hall–Kier alpha value is -3.98. The van der Waals surface area contributed by atoms with Gasteiger partial charge < -0.3 is 29.6 Å². The number of carbonyl (C=O) groups is 2. The van der Waals surface area contributed by atoms with Gasteiger partial charge in [-0.25, -0.2) is 0 Å². The van der Waals surface area contributed by atoms with E-state index >= 15 is 0 Å². The molecule has 2 N–H and O–H groups in total. The molecule has 0 bridgehead atoms. The van der Waals surface area contributed by atoms with Crippen LogP contribution < -0.4 is 10.6 Å². The molecular formula is C37H43N3O6S. The Kier molecular flexibility index (Phi) is 15.5. The number of nitrogens with zero attached hydrogens (tertiary/aromatic N) is 1. The highest BCUT2D eigenvalue weighted by Gasteiger charge is 2.16. The van der Waals surface area contributed by atoms with E-state index in [9.17, 15) is 9.59 Å². The second-order valence-corrected chi connectivity index (χ2v) is 11.7. The van der Waals surface area contributed by atoms with Gasteiger partial charge in [-0.15, -0.1) is 0 Å². The zero-order valence-corrected chi connectivity index (χ0v) is 28.0. The second kappa shape index (κ2) is 20.3. The number of nitrogens with one attached hydrogen (secondary N) is 2. The number of amides is 2. The molecule has 0 unspecified atom stereocenters. The van der Waals surface area contributed by atoms with Crippen molar-refractivity contribution in [1.82, 2.24) is 5.32 Å². The Balaban J connectivity index is 1.13. The first-order valence-corrected chi connectivity index (χ1v) is 16.8. The number of carbonyl (C=O) groups excluding carboxylic acids is 2. The minimum absolute atomic E-state index is 0.0599. The van der Waals surface area contributed by atoms with E-state index in [1.807, 2.05) is 60.7 Å². The van der Waals surface area contributed by atoms with E-state index in [4.69, 9.17) is 18.9 Å². The number of anilines is 1. The monoisotopic (exact) mass is 657 g/mol. The van der Waals surface area contributed by atoms with Crippen molar-refractivity contribution in [1.29, 1.82) is 0 Å². The summed E-state index contributed by atoms with van der Waals surface area (Å²) in [7, 11) is 1.64. The molecule has 1 heterocycles. The summed E-state index contributed by atoms with van der Waals surface area (Å²) in [6.45, 7) is 7.13. The van der Waals surface area contributed by atoms with Crippen LogP contribution in [0.4, 0.5) is 5.69 Å². The van der Waals surface area contributed by atoms with Crippen LogP contribution in [0.5, 0.6) is 0 Å². The molecule has 3 aromatic carbocycles. The maximum absolute atomic E-state index is 12.3. The van der Waals surface area contributed by atoms with Crippen molar-refractivity contribution in [3.63, 3.8) is 0 Å². The Morgan fingerprint density at radius 3 is 2.21 bits per heavy atom. The molecular weight excluding hydrogens is 614 g/mol. The largest absolute Gasteiger partial charge is 0.379 e. The van der Waals surface area contributed by atoms with E-state index in [0.29, 0.717) is 71.2 Å². The number of rotatable bonds is 19. The fourth-order valence-electron chi connectivity index (χ4n) is 4.59. The molecule has 4 rings (SSSR count). The van der Waals surface area contributed by atoms with E-state index in [2.05, 4.69) is 40.5 Å². The minimum Gasteiger partial charge on any atom is -0.379 e. The molecule has 47 heavy (non-hydrogen) atoms. The van der Waals surface area contributed by atoms with Crippen molar-refractivity contribution >= 4 is 35.0 Å². The zero-order valence-electron chi connectivity index (χ0n) is 27.1. The van der Waals surface area contributed by atoms with Crippen LogP contribution >= 0.6 is 11.8 Å². The Bertz CT molecular complexity index is 1550. The minimum atomic E-state index is -0.105. The molecule has 0 saturated heterocycles. The molecule has 248 valence electrons. The van der Waals surface area contributed by atoms with Crippen molar-refractivity contribution in [2.75, 3.05) is 65.2 Å². The zero-order chi connectivity index (χ0) is 33.1. The third-order valence-corrected chi connectivity index (χ3v) is 8.04. The summed E-state index contributed by atoms with van der Waals surface area (Å²) >= 11 is 1.56. The van der Waals surface area contributed by atoms with E-state index in [0.717, 1.165) is 50.9 Å². The van der Waals surface area contributed by atoms with E-state index in [1.54, 1.807) is 18.8 Å². The first-order chi connectivity index (χ1) is 23.1. The number of hydrogen-bond acceptors (Lipinski definition) is 8. The van der Waals surface area contributed by atoms with Gasteiger partial charge in [0.25, 0.3) is 5.91 Å². The lowest BCUT2D eigenvalue weighted by molar-refractivity contribution is -0.116. The average Bonchev–Trinajstić information content (AvgIpc) is 3.50. The first kappa shape index (κ1) is 35.9. The third-order valence-electron chi connectivity index (χ3n) is 6.98. The summed E-state index contributed by atoms with van der Waals surface area (Å²) in [6.07, 6.45) is 2.01. The summed E-state index contributed by atoms with van der Waals surface area (Å²) in [6, 6.07) is 21.2. The SMILES string of the molecule is CCCOCCOCCOCCOCCCC(=O)Nc1ccc(C#CC2=NCc3cc(Sc4ccccc4C(=O)NC)ccc32)cc1. The van der Waals surface area contributed by atoms with Crippen LogP contribution in [0.2, 0.25) is 0 Å². The molecule has 0 saturated carbocycles. The van der Waals surface area contributed by atoms with Gasteiger partial charge in [-0.2, -0.15) is 0 Å². The molecule has 3 aromatic rings. The van der Waals surface area contributed by atoms with Gasteiger partial charge in [0.1, 0.15) is 5.71 Å². The van der Waals surface area contributed by atoms with Crippen molar-refractivity contribution in [2.45, 2.75) is 42.5 Å². The van der Waals surface area contributed by atoms with Gasteiger partial charge >= 0.3 is 0 Å². The average molecular weight is 658 g/mol. The highest BCUT2D eigenvalue weighted by atomic mass is 32.2. The maximum Gasteiger partial charge on any atom is 0.252 e. The van der Waals surface area contributed by atoms with Gasteiger partial charge in [0, 0.05) is 53.3 Å². The van der Waals surface area contributed by atoms with Gasteiger partial charge in [0.2, 0.25) is 5.91 Å². The van der Waals surface area contributed by atoms with Gasteiger partial charge in [-0.3, -0.25) is 14.6 Å². The number of hydrogen-bond donors (Lipinski definition) is 2.